The summed E-state index contributed by atoms with van der Waals surface area (Å²) in [6.07, 6.45) is 0.718. The van der Waals surface area contributed by atoms with Crippen molar-refractivity contribution in [1.29, 1.82) is 0 Å². The van der Waals surface area contributed by atoms with Gasteiger partial charge in [-0.1, -0.05) is 35.4 Å². The van der Waals surface area contributed by atoms with Crippen LogP contribution >= 0.6 is 11.6 Å². The first-order chi connectivity index (χ1) is 10.2. The molecule has 0 amide bonds. The molecule has 21 heavy (non-hydrogen) atoms. The zero-order valence-corrected chi connectivity index (χ0v) is 12.5. The monoisotopic (exact) mass is 300 g/mol. The minimum absolute atomic E-state index is 0.0869. The number of fused-ring (bicyclic) bond motifs is 1. The topological polar surface area (TPSA) is 51.2 Å². The van der Waals surface area contributed by atoms with Crippen molar-refractivity contribution < 1.29 is 4.42 Å². The molecule has 4 heteroatoms. The molecule has 0 spiro atoms. The van der Waals surface area contributed by atoms with Gasteiger partial charge in [-0.05, 0) is 49.2 Å². The molecular weight excluding hydrogens is 284 g/mol. The van der Waals surface area contributed by atoms with E-state index in [0.29, 0.717) is 0 Å². The minimum atomic E-state index is -0.0869. The molecule has 0 aliphatic heterocycles. The molecule has 0 saturated heterocycles. The number of nitrogens with two attached hydrogens (primary N) is 1. The molecular formula is C17H17ClN2O. The van der Waals surface area contributed by atoms with Crippen molar-refractivity contribution in [3.8, 4) is 0 Å². The van der Waals surface area contributed by atoms with Crippen LogP contribution in [0.15, 0.2) is 52.9 Å². The molecule has 1 heterocycles. The van der Waals surface area contributed by atoms with Gasteiger partial charge in [-0.3, -0.25) is 5.84 Å². The van der Waals surface area contributed by atoms with Crippen LogP contribution in [0.25, 0.3) is 11.0 Å². The Balaban J connectivity index is 1.90. The Morgan fingerprint density at radius 3 is 2.81 bits per heavy atom. The molecule has 0 aliphatic rings. The Bertz CT molecular complexity index is 766. The van der Waals surface area contributed by atoms with Gasteiger partial charge in [0.15, 0.2) is 0 Å². The third kappa shape index (κ3) is 3.10. The zero-order valence-electron chi connectivity index (χ0n) is 11.8. The van der Waals surface area contributed by atoms with E-state index in [-0.39, 0.29) is 6.04 Å². The maximum absolute atomic E-state index is 6.02. The molecule has 3 N–H and O–H groups in total. The second kappa shape index (κ2) is 5.90. The van der Waals surface area contributed by atoms with E-state index in [2.05, 4.69) is 18.4 Å². The molecule has 0 fully saturated rings. The van der Waals surface area contributed by atoms with Crippen molar-refractivity contribution in [1.82, 2.24) is 5.43 Å². The lowest BCUT2D eigenvalue weighted by atomic mass is 10.0. The van der Waals surface area contributed by atoms with E-state index in [9.17, 15) is 0 Å². The minimum Gasteiger partial charge on any atom is -0.459 e. The summed E-state index contributed by atoms with van der Waals surface area (Å²) in [5, 5.41) is 1.82. The van der Waals surface area contributed by atoms with Gasteiger partial charge < -0.3 is 4.42 Å². The van der Waals surface area contributed by atoms with Crippen LogP contribution in [0.5, 0.6) is 0 Å². The van der Waals surface area contributed by atoms with Crippen LogP contribution in [0.3, 0.4) is 0 Å². The molecule has 1 aromatic heterocycles. The fourth-order valence-corrected chi connectivity index (χ4v) is 2.71. The highest BCUT2D eigenvalue weighted by Gasteiger charge is 2.16. The summed E-state index contributed by atoms with van der Waals surface area (Å²) in [4.78, 5) is 0. The first kappa shape index (κ1) is 14.1. The summed E-state index contributed by atoms with van der Waals surface area (Å²) < 4.78 is 5.90. The zero-order chi connectivity index (χ0) is 14.8. The summed E-state index contributed by atoms with van der Waals surface area (Å²) in [6, 6.07) is 15.9. The lowest BCUT2D eigenvalue weighted by Gasteiger charge is -2.13. The van der Waals surface area contributed by atoms with Crippen LogP contribution in [0.2, 0.25) is 5.02 Å². The molecule has 1 atom stereocenters. The van der Waals surface area contributed by atoms with Gasteiger partial charge in [0.05, 0.1) is 6.04 Å². The van der Waals surface area contributed by atoms with Gasteiger partial charge in [0.1, 0.15) is 11.3 Å². The maximum Gasteiger partial charge on any atom is 0.134 e. The average molecular weight is 301 g/mol. The van der Waals surface area contributed by atoms with E-state index in [0.717, 1.165) is 33.7 Å². The summed E-state index contributed by atoms with van der Waals surface area (Å²) in [7, 11) is 0. The van der Waals surface area contributed by atoms with E-state index >= 15 is 0 Å². The van der Waals surface area contributed by atoms with Crippen LogP contribution in [-0.4, -0.2) is 0 Å². The van der Waals surface area contributed by atoms with Crippen LogP contribution in [0, 0.1) is 6.92 Å². The van der Waals surface area contributed by atoms with Crippen molar-refractivity contribution in [3.63, 3.8) is 0 Å². The SMILES string of the molecule is Cc1ccc2oc(C(Cc3cccc(Cl)c3)NN)cc2c1. The molecule has 0 radical (unpaired) electrons. The molecule has 2 aromatic carbocycles. The van der Waals surface area contributed by atoms with E-state index in [1.165, 1.54) is 5.56 Å². The number of nitrogens with one attached hydrogen (secondary N) is 1. The third-order valence-corrected chi connectivity index (χ3v) is 3.80. The van der Waals surface area contributed by atoms with Gasteiger partial charge in [-0.25, -0.2) is 5.43 Å². The molecule has 3 aromatic rings. The third-order valence-electron chi connectivity index (χ3n) is 3.56. The lowest BCUT2D eigenvalue weighted by molar-refractivity contribution is 0.434. The molecule has 1 unspecified atom stereocenters. The second-order valence-electron chi connectivity index (χ2n) is 5.24. The molecule has 3 rings (SSSR count). The van der Waals surface area contributed by atoms with E-state index in [1.807, 2.05) is 42.5 Å². The fourth-order valence-electron chi connectivity index (χ4n) is 2.50. The molecule has 3 nitrogen and oxygen atoms in total. The highest BCUT2D eigenvalue weighted by atomic mass is 35.5. The largest absolute Gasteiger partial charge is 0.459 e. The number of halogens is 1. The highest BCUT2D eigenvalue weighted by molar-refractivity contribution is 6.30. The number of benzene rings is 2. The van der Waals surface area contributed by atoms with Gasteiger partial charge >= 0.3 is 0 Å². The standard InChI is InChI=1S/C17H17ClN2O/c1-11-5-6-16-13(7-11)10-17(21-16)15(20-19)9-12-3-2-4-14(18)8-12/h2-8,10,15,20H,9,19H2,1H3. The van der Waals surface area contributed by atoms with Crippen LogP contribution < -0.4 is 11.3 Å². The normalized spacial score (nSPS) is 12.7. The van der Waals surface area contributed by atoms with Gasteiger partial charge in [0.2, 0.25) is 0 Å². The Hall–Kier alpha value is -1.81. The second-order valence-corrected chi connectivity index (χ2v) is 5.68. The molecule has 108 valence electrons. The first-order valence-corrected chi connectivity index (χ1v) is 7.24. The summed E-state index contributed by atoms with van der Waals surface area (Å²) in [5.74, 6) is 6.53. The number of aryl methyl sites for hydroxylation is 1. The Labute approximate surface area is 128 Å². The van der Waals surface area contributed by atoms with Crippen LogP contribution in [0.1, 0.15) is 22.9 Å². The summed E-state index contributed by atoms with van der Waals surface area (Å²) >= 11 is 6.02. The van der Waals surface area contributed by atoms with E-state index in [1.54, 1.807) is 0 Å². The van der Waals surface area contributed by atoms with E-state index in [4.69, 9.17) is 21.9 Å². The fraction of sp³-hybridized carbons (Fsp3) is 0.176. The van der Waals surface area contributed by atoms with Crippen LogP contribution in [-0.2, 0) is 6.42 Å². The maximum atomic E-state index is 6.02. The van der Waals surface area contributed by atoms with Crippen molar-refractivity contribution in [3.05, 3.63) is 70.4 Å². The first-order valence-electron chi connectivity index (χ1n) is 6.86. The smallest absolute Gasteiger partial charge is 0.134 e. The Morgan fingerprint density at radius 2 is 2.05 bits per heavy atom. The lowest BCUT2D eigenvalue weighted by Crippen LogP contribution is -2.29. The number of hydrogen-bond acceptors (Lipinski definition) is 3. The van der Waals surface area contributed by atoms with Gasteiger partial charge in [-0.15, -0.1) is 0 Å². The summed E-state index contributed by atoms with van der Waals surface area (Å²) in [6.45, 7) is 2.07. The van der Waals surface area contributed by atoms with Gasteiger partial charge in [0, 0.05) is 10.4 Å². The van der Waals surface area contributed by atoms with E-state index < -0.39 is 0 Å². The Morgan fingerprint density at radius 1 is 1.19 bits per heavy atom. The van der Waals surface area contributed by atoms with Gasteiger partial charge in [-0.2, -0.15) is 0 Å². The molecule has 0 bridgehead atoms. The number of furan rings is 1. The average Bonchev–Trinajstić information content (AvgIpc) is 2.87. The van der Waals surface area contributed by atoms with Crippen molar-refractivity contribution in [2.75, 3.05) is 0 Å². The van der Waals surface area contributed by atoms with Crippen LogP contribution in [0.4, 0.5) is 0 Å². The highest BCUT2D eigenvalue weighted by Crippen LogP contribution is 2.27. The van der Waals surface area contributed by atoms with Gasteiger partial charge in [0.25, 0.3) is 0 Å². The van der Waals surface area contributed by atoms with Crippen molar-refractivity contribution in [2.24, 2.45) is 5.84 Å². The van der Waals surface area contributed by atoms with Crippen molar-refractivity contribution in [2.45, 2.75) is 19.4 Å². The molecule has 0 saturated carbocycles. The predicted octanol–water partition coefficient (Wildman–Crippen LogP) is 4.14. The molecule has 0 aliphatic carbocycles. The Kier molecular flexibility index (Phi) is 3.97. The predicted molar refractivity (Wildman–Crippen MR) is 86.2 cm³/mol. The number of rotatable bonds is 4. The number of hydrogen-bond donors (Lipinski definition) is 2. The van der Waals surface area contributed by atoms with Crippen molar-refractivity contribution >= 4 is 22.6 Å². The quantitative estimate of drug-likeness (QED) is 0.562. The summed E-state index contributed by atoms with van der Waals surface area (Å²) in [5.41, 5.74) is 6.03. The number of hydrazine groups is 1.